The maximum absolute atomic E-state index is 12.1. The highest BCUT2D eigenvalue weighted by Gasteiger charge is 2.26. The summed E-state index contributed by atoms with van der Waals surface area (Å²) in [6.45, 7) is 0.809. The van der Waals surface area contributed by atoms with E-state index in [2.05, 4.69) is 0 Å². The summed E-state index contributed by atoms with van der Waals surface area (Å²) in [6, 6.07) is 6.99. The molecule has 6 nitrogen and oxygen atoms in total. The van der Waals surface area contributed by atoms with E-state index in [-0.39, 0.29) is 18.5 Å². The van der Waals surface area contributed by atoms with Gasteiger partial charge in [-0.25, -0.2) is 12.7 Å². The Labute approximate surface area is 119 Å². The first-order valence-electron chi connectivity index (χ1n) is 6.62. The highest BCUT2D eigenvalue weighted by molar-refractivity contribution is 7.89. The fourth-order valence-electron chi connectivity index (χ4n) is 2.12. The van der Waals surface area contributed by atoms with Crippen molar-refractivity contribution in [1.29, 1.82) is 0 Å². The van der Waals surface area contributed by atoms with Crippen LogP contribution in [0.25, 0.3) is 0 Å². The Balaban J connectivity index is 1.85. The van der Waals surface area contributed by atoms with E-state index in [0.717, 1.165) is 0 Å². The van der Waals surface area contributed by atoms with Gasteiger partial charge in [-0.2, -0.15) is 0 Å². The fraction of sp³-hybridized carbons (Fsp3) is 0.538. The molecule has 2 rings (SSSR count). The molecule has 1 heterocycles. The van der Waals surface area contributed by atoms with E-state index in [0.29, 0.717) is 37.4 Å². The molecule has 0 aromatic heterocycles. The van der Waals surface area contributed by atoms with Crippen LogP contribution in [0, 0.1) is 0 Å². The fourth-order valence-corrected chi connectivity index (χ4v) is 3.44. The van der Waals surface area contributed by atoms with Gasteiger partial charge in [0.15, 0.2) is 0 Å². The summed E-state index contributed by atoms with van der Waals surface area (Å²) in [4.78, 5) is 0. The van der Waals surface area contributed by atoms with E-state index in [1.54, 1.807) is 24.3 Å². The molecule has 1 aliphatic rings. The predicted molar refractivity (Wildman–Crippen MR) is 77.0 cm³/mol. The summed E-state index contributed by atoms with van der Waals surface area (Å²) in [5.41, 5.74) is 6.21. The number of ether oxygens (including phenoxy) is 1. The van der Waals surface area contributed by atoms with Crippen molar-refractivity contribution in [3.8, 4) is 5.75 Å². The Kier molecular flexibility index (Phi) is 4.85. The van der Waals surface area contributed by atoms with Crippen LogP contribution in [0.1, 0.15) is 12.8 Å². The summed E-state index contributed by atoms with van der Waals surface area (Å²) < 4.78 is 31.0. The molecule has 1 aromatic rings. The van der Waals surface area contributed by atoms with Crippen molar-refractivity contribution in [3.05, 3.63) is 24.3 Å². The number of nitrogens with two attached hydrogens (primary N) is 1. The highest BCUT2D eigenvalue weighted by Crippen LogP contribution is 2.20. The highest BCUT2D eigenvalue weighted by atomic mass is 32.2. The number of benzene rings is 1. The normalized spacial score (nSPS) is 18.1. The lowest BCUT2D eigenvalue weighted by Gasteiger charge is -2.28. The third-order valence-electron chi connectivity index (χ3n) is 3.33. The second-order valence-electron chi connectivity index (χ2n) is 4.83. The minimum atomic E-state index is -3.33. The molecule has 0 atom stereocenters. The summed E-state index contributed by atoms with van der Waals surface area (Å²) in [7, 11) is -3.33. The first-order chi connectivity index (χ1) is 9.49. The topological polar surface area (TPSA) is 92.9 Å². The Morgan fingerprint density at radius 1 is 1.30 bits per heavy atom. The van der Waals surface area contributed by atoms with Crippen LogP contribution in [0.5, 0.6) is 5.75 Å². The number of piperidine rings is 1. The van der Waals surface area contributed by atoms with Gasteiger partial charge in [0.1, 0.15) is 12.4 Å². The van der Waals surface area contributed by atoms with Crippen LogP contribution in [-0.2, 0) is 10.0 Å². The number of sulfonamides is 1. The molecule has 0 saturated carbocycles. The van der Waals surface area contributed by atoms with Gasteiger partial charge in [-0.15, -0.1) is 0 Å². The molecule has 1 aliphatic heterocycles. The third kappa shape index (κ3) is 3.84. The van der Waals surface area contributed by atoms with Crippen molar-refractivity contribution >= 4 is 15.7 Å². The number of nitrogen functional groups attached to an aromatic ring is 1. The number of aliphatic hydroxyl groups excluding tert-OH is 1. The van der Waals surface area contributed by atoms with Crippen molar-refractivity contribution in [2.75, 3.05) is 31.2 Å². The van der Waals surface area contributed by atoms with E-state index in [1.165, 1.54) is 4.31 Å². The largest absolute Gasteiger partial charge is 0.490 e. The first-order valence-corrected chi connectivity index (χ1v) is 8.23. The average molecular weight is 300 g/mol. The lowest BCUT2D eigenvalue weighted by molar-refractivity contribution is 0.113. The van der Waals surface area contributed by atoms with Gasteiger partial charge in [0, 0.05) is 13.1 Å². The maximum atomic E-state index is 12.1. The van der Waals surface area contributed by atoms with E-state index >= 15 is 0 Å². The smallest absolute Gasteiger partial charge is 0.217 e. The van der Waals surface area contributed by atoms with Crippen molar-refractivity contribution in [1.82, 2.24) is 4.31 Å². The third-order valence-corrected chi connectivity index (χ3v) is 5.17. The Morgan fingerprint density at radius 3 is 2.60 bits per heavy atom. The molecule has 3 N–H and O–H groups in total. The Bertz CT molecular complexity index is 539. The zero-order chi connectivity index (χ0) is 14.6. The SMILES string of the molecule is Nc1ccccc1OCCS(=O)(=O)N1CCC(O)CC1. The monoisotopic (exact) mass is 300 g/mol. The van der Waals surface area contributed by atoms with Gasteiger partial charge in [-0.05, 0) is 25.0 Å². The van der Waals surface area contributed by atoms with Gasteiger partial charge in [0.05, 0.1) is 17.5 Å². The molecule has 0 amide bonds. The maximum Gasteiger partial charge on any atom is 0.217 e. The molecule has 0 spiro atoms. The number of anilines is 1. The van der Waals surface area contributed by atoms with E-state index in [4.69, 9.17) is 10.5 Å². The Hall–Kier alpha value is -1.31. The van der Waals surface area contributed by atoms with Gasteiger partial charge in [0.2, 0.25) is 10.0 Å². The molecule has 1 aromatic carbocycles. The lowest BCUT2D eigenvalue weighted by atomic mass is 10.1. The van der Waals surface area contributed by atoms with Crippen LogP contribution in [0.15, 0.2) is 24.3 Å². The van der Waals surface area contributed by atoms with Crippen molar-refractivity contribution in [3.63, 3.8) is 0 Å². The van der Waals surface area contributed by atoms with E-state index in [1.807, 2.05) is 0 Å². The van der Waals surface area contributed by atoms with Crippen LogP contribution in [0.2, 0.25) is 0 Å². The van der Waals surface area contributed by atoms with E-state index in [9.17, 15) is 13.5 Å². The number of hydrogen-bond donors (Lipinski definition) is 2. The zero-order valence-corrected chi connectivity index (χ0v) is 12.1. The van der Waals surface area contributed by atoms with Crippen LogP contribution < -0.4 is 10.5 Å². The summed E-state index contributed by atoms with van der Waals surface area (Å²) in [6.07, 6.45) is 0.596. The molecule has 20 heavy (non-hydrogen) atoms. The first kappa shape index (κ1) is 15.1. The molecule has 1 saturated heterocycles. The lowest BCUT2D eigenvalue weighted by Crippen LogP contribution is -2.42. The average Bonchev–Trinajstić information content (AvgIpc) is 2.41. The van der Waals surface area contributed by atoms with Crippen LogP contribution >= 0.6 is 0 Å². The minimum absolute atomic E-state index is 0.0651. The molecular weight excluding hydrogens is 280 g/mol. The number of nitrogens with zero attached hydrogens (tertiary/aromatic N) is 1. The van der Waals surface area contributed by atoms with Gasteiger partial charge in [-0.1, -0.05) is 12.1 Å². The van der Waals surface area contributed by atoms with Crippen molar-refractivity contribution in [2.45, 2.75) is 18.9 Å². The molecular formula is C13H20N2O4S. The number of para-hydroxylation sites is 2. The molecule has 0 unspecified atom stereocenters. The summed E-state index contributed by atoms with van der Waals surface area (Å²) >= 11 is 0. The van der Waals surface area contributed by atoms with E-state index < -0.39 is 10.0 Å². The Morgan fingerprint density at radius 2 is 1.95 bits per heavy atom. The standard InChI is InChI=1S/C13H20N2O4S/c14-12-3-1-2-4-13(12)19-9-10-20(17,18)15-7-5-11(16)6-8-15/h1-4,11,16H,5-10,14H2. The molecule has 1 fully saturated rings. The molecule has 0 aliphatic carbocycles. The summed E-state index contributed by atoms with van der Waals surface area (Å²) in [5.74, 6) is 0.411. The predicted octanol–water partition coefficient (Wildman–Crippen LogP) is 0.434. The second-order valence-corrected chi connectivity index (χ2v) is 6.92. The van der Waals surface area contributed by atoms with Gasteiger partial charge in [-0.3, -0.25) is 0 Å². The van der Waals surface area contributed by atoms with Gasteiger partial charge >= 0.3 is 0 Å². The quantitative estimate of drug-likeness (QED) is 0.769. The van der Waals surface area contributed by atoms with Crippen LogP contribution in [0.3, 0.4) is 0 Å². The van der Waals surface area contributed by atoms with Crippen molar-refractivity contribution in [2.24, 2.45) is 0 Å². The minimum Gasteiger partial charge on any atom is -0.490 e. The number of aliphatic hydroxyl groups is 1. The molecule has 112 valence electrons. The van der Waals surface area contributed by atoms with Crippen LogP contribution in [-0.4, -0.2) is 49.4 Å². The molecule has 7 heteroatoms. The van der Waals surface area contributed by atoms with Crippen molar-refractivity contribution < 1.29 is 18.3 Å². The summed E-state index contributed by atoms with van der Waals surface area (Å²) in [5, 5.41) is 9.39. The van der Waals surface area contributed by atoms with Gasteiger partial charge in [0.25, 0.3) is 0 Å². The molecule has 0 radical (unpaired) electrons. The number of hydrogen-bond acceptors (Lipinski definition) is 5. The second kappa shape index (κ2) is 6.43. The van der Waals surface area contributed by atoms with Gasteiger partial charge < -0.3 is 15.6 Å². The molecule has 0 bridgehead atoms. The van der Waals surface area contributed by atoms with Crippen LogP contribution in [0.4, 0.5) is 5.69 Å². The zero-order valence-electron chi connectivity index (χ0n) is 11.2. The number of rotatable bonds is 5.